The maximum absolute atomic E-state index is 12.6. The molecule has 1 amide bonds. The first kappa shape index (κ1) is 17.2. The fourth-order valence-electron chi connectivity index (χ4n) is 3.40. The van der Waals surface area contributed by atoms with E-state index in [1.54, 1.807) is 0 Å². The molecule has 1 saturated heterocycles. The van der Waals surface area contributed by atoms with Crippen LogP contribution in [0.2, 0.25) is 0 Å². The summed E-state index contributed by atoms with van der Waals surface area (Å²) < 4.78 is 0. The Morgan fingerprint density at radius 3 is 2.44 bits per heavy atom. The van der Waals surface area contributed by atoms with Gasteiger partial charge in [0.2, 0.25) is 5.91 Å². The Kier molecular flexibility index (Phi) is 5.49. The van der Waals surface area contributed by atoms with Crippen LogP contribution in [-0.2, 0) is 16.0 Å². The zero-order chi connectivity index (χ0) is 17.6. The summed E-state index contributed by atoms with van der Waals surface area (Å²) >= 11 is 0. The van der Waals surface area contributed by atoms with Crippen molar-refractivity contribution in [2.45, 2.75) is 38.0 Å². The lowest BCUT2D eigenvalue weighted by Gasteiger charge is -2.32. The Morgan fingerprint density at radius 2 is 1.80 bits per heavy atom. The average molecular weight is 337 g/mol. The molecule has 4 nitrogen and oxygen atoms in total. The smallest absolute Gasteiger partial charge is 0.303 e. The number of carbonyl (C=O) groups is 2. The highest BCUT2D eigenvalue weighted by atomic mass is 16.4. The second kappa shape index (κ2) is 7.97. The molecule has 3 rings (SSSR count). The topological polar surface area (TPSA) is 57.6 Å². The number of amides is 1. The van der Waals surface area contributed by atoms with Crippen LogP contribution < -0.4 is 4.90 Å². The van der Waals surface area contributed by atoms with Crippen LogP contribution in [0.3, 0.4) is 0 Å². The number of hydrogen-bond donors (Lipinski definition) is 1. The maximum Gasteiger partial charge on any atom is 0.303 e. The van der Waals surface area contributed by atoms with E-state index in [4.69, 9.17) is 5.11 Å². The van der Waals surface area contributed by atoms with Crippen LogP contribution in [0.1, 0.15) is 42.7 Å². The van der Waals surface area contributed by atoms with Gasteiger partial charge in [0.05, 0.1) is 0 Å². The van der Waals surface area contributed by atoms with Crippen molar-refractivity contribution < 1.29 is 14.7 Å². The fraction of sp³-hybridized carbons (Fsp3) is 0.333. The number of aryl methyl sites for hydroxylation is 1. The number of carboxylic acid groups (broad SMARTS) is 1. The highest BCUT2D eigenvalue weighted by Crippen LogP contribution is 2.31. The lowest BCUT2D eigenvalue weighted by molar-refractivity contribution is -0.137. The zero-order valence-electron chi connectivity index (χ0n) is 14.2. The average Bonchev–Trinajstić information content (AvgIpc) is 2.63. The van der Waals surface area contributed by atoms with Gasteiger partial charge in [-0.05, 0) is 48.4 Å². The van der Waals surface area contributed by atoms with E-state index < -0.39 is 5.97 Å². The molecule has 0 saturated carbocycles. The van der Waals surface area contributed by atoms with E-state index in [9.17, 15) is 9.59 Å². The monoisotopic (exact) mass is 337 g/mol. The van der Waals surface area contributed by atoms with Gasteiger partial charge in [0.25, 0.3) is 0 Å². The largest absolute Gasteiger partial charge is 0.481 e. The molecule has 0 radical (unpaired) electrons. The summed E-state index contributed by atoms with van der Waals surface area (Å²) in [6.45, 7) is 0.733. The molecule has 1 unspecified atom stereocenters. The summed E-state index contributed by atoms with van der Waals surface area (Å²) in [4.78, 5) is 25.0. The molecule has 1 N–H and O–H groups in total. The number of carboxylic acids is 1. The summed E-state index contributed by atoms with van der Waals surface area (Å²) in [5.41, 5.74) is 3.28. The Bertz CT molecular complexity index is 725. The second-order valence-electron chi connectivity index (χ2n) is 6.56. The molecule has 1 aliphatic rings. The Labute approximate surface area is 148 Å². The predicted molar refractivity (Wildman–Crippen MR) is 97.8 cm³/mol. The van der Waals surface area contributed by atoms with Crippen LogP contribution >= 0.6 is 0 Å². The minimum absolute atomic E-state index is 0.165. The number of benzene rings is 2. The maximum atomic E-state index is 12.6. The number of aliphatic carboxylic acids is 1. The Morgan fingerprint density at radius 1 is 1.08 bits per heavy atom. The van der Waals surface area contributed by atoms with E-state index in [0.29, 0.717) is 18.8 Å². The van der Waals surface area contributed by atoms with Crippen molar-refractivity contribution in [3.8, 4) is 0 Å². The highest BCUT2D eigenvalue weighted by molar-refractivity contribution is 5.94. The zero-order valence-corrected chi connectivity index (χ0v) is 14.2. The minimum Gasteiger partial charge on any atom is -0.481 e. The van der Waals surface area contributed by atoms with E-state index in [1.807, 2.05) is 47.4 Å². The number of carbonyl (C=O) groups excluding carboxylic acids is 1. The van der Waals surface area contributed by atoms with E-state index in [1.165, 1.54) is 5.56 Å². The van der Waals surface area contributed by atoms with Gasteiger partial charge in [0.15, 0.2) is 0 Å². The Hall–Kier alpha value is -2.62. The van der Waals surface area contributed by atoms with Crippen molar-refractivity contribution in [1.29, 1.82) is 0 Å². The summed E-state index contributed by atoms with van der Waals surface area (Å²) in [6.07, 6.45) is 3.08. The molecule has 1 fully saturated rings. The molecule has 0 aromatic heterocycles. The Balaban J connectivity index is 1.59. The standard InChI is InChI=1S/C21H23NO3/c23-20-15-18(17-6-2-1-3-7-17)13-14-22(20)19-11-9-16(10-12-19)5-4-8-21(24)25/h1-3,6-7,9-12,18H,4-5,8,13-15H2,(H,24,25). The molecule has 1 atom stereocenters. The first-order valence-electron chi connectivity index (χ1n) is 8.79. The lowest BCUT2D eigenvalue weighted by Crippen LogP contribution is -2.38. The molecule has 1 aliphatic heterocycles. The van der Waals surface area contributed by atoms with Gasteiger partial charge in [-0.3, -0.25) is 9.59 Å². The molecule has 0 spiro atoms. The lowest BCUT2D eigenvalue weighted by atomic mass is 9.89. The molecule has 2 aromatic rings. The molecule has 1 heterocycles. The van der Waals surface area contributed by atoms with E-state index in [2.05, 4.69) is 12.1 Å². The highest BCUT2D eigenvalue weighted by Gasteiger charge is 2.27. The number of hydrogen-bond acceptors (Lipinski definition) is 2. The molecule has 0 bridgehead atoms. The van der Waals surface area contributed by atoms with Crippen molar-refractivity contribution in [2.24, 2.45) is 0 Å². The first-order valence-corrected chi connectivity index (χ1v) is 8.79. The number of nitrogens with zero attached hydrogens (tertiary/aromatic N) is 1. The van der Waals surface area contributed by atoms with Crippen LogP contribution in [0.15, 0.2) is 54.6 Å². The van der Waals surface area contributed by atoms with Crippen molar-refractivity contribution >= 4 is 17.6 Å². The van der Waals surface area contributed by atoms with E-state index in [-0.39, 0.29) is 12.3 Å². The van der Waals surface area contributed by atoms with Crippen LogP contribution in [-0.4, -0.2) is 23.5 Å². The molecule has 0 aliphatic carbocycles. The fourth-order valence-corrected chi connectivity index (χ4v) is 3.40. The van der Waals surface area contributed by atoms with E-state index >= 15 is 0 Å². The van der Waals surface area contributed by atoms with Crippen molar-refractivity contribution in [2.75, 3.05) is 11.4 Å². The molecule has 25 heavy (non-hydrogen) atoms. The van der Waals surface area contributed by atoms with Gasteiger partial charge >= 0.3 is 5.97 Å². The molecule has 2 aromatic carbocycles. The van der Waals surface area contributed by atoms with Gasteiger partial charge in [-0.25, -0.2) is 0 Å². The van der Waals surface area contributed by atoms with Crippen LogP contribution in [0.25, 0.3) is 0 Å². The van der Waals surface area contributed by atoms with Crippen molar-refractivity contribution in [3.63, 3.8) is 0 Å². The summed E-state index contributed by atoms with van der Waals surface area (Å²) in [7, 11) is 0. The number of piperidine rings is 1. The van der Waals surface area contributed by atoms with Gasteiger partial charge in [-0.15, -0.1) is 0 Å². The summed E-state index contributed by atoms with van der Waals surface area (Å²) in [6, 6.07) is 18.2. The SMILES string of the molecule is O=C(O)CCCc1ccc(N2CCC(c3ccccc3)CC2=O)cc1. The minimum atomic E-state index is -0.761. The quantitative estimate of drug-likeness (QED) is 0.866. The second-order valence-corrected chi connectivity index (χ2v) is 6.56. The van der Waals surface area contributed by atoms with Crippen molar-refractivity contribution in [1.82, 2.24) is 0 Å². The van der Waals surface area contributed by atoms with Gasteiger partial charge in [-0.1, -0.05) is 42.5 Å². The van der Waals surface area contributed by atoms with Gasteiger partial charge in [-0.2, -0.15) is 0 Å². The number of rotatable bonds is 6. The molecule has 4 heteroatoms. The summed E-state index contributed by atoms with van der Waals surface area (Å²) in [5.74, 6) is -0.289. The van der Waals surface area contributed by atoms with Crippen molar-refractivity contribution in [3.05, 3.63) is 65.7 Å². The van der Waals surface area contributed by atoms with Gasteiger partial charge < -0.3 is 10.0 Å². The third kappa shape index (κ3) is 4.47. The van der Waals surface area contributed by atoms with Gasteiger partial charge in [0.1, 0.15) is 0 Å². The molecular weight excluding hydrogens is 314 g/mol. The van der Waals surface area contributed by atoms with Gasteiger partial charge in [0, 0.05) is 25.1 Å². The first-order chi connectivity index (χ1) is 12.1. The summed E-state index contributed by atoms with van der Waals surface area (Å²) in [5, 5.41) is 8.69. The van der Waals surface area contributed by atoms with Crippen LogP contribution in [0.4, 0.5) is 5.69 Å². The van der Waals surface area contributed by atoms with Crippen LogP contribution in [0.5, 0.6) is 0 Å². The number of anilines is 1. The predicted octanol–water partition coefficient (Wildman–Crippen LogP) is 4.00. The third-order valence-corrected chi connectivity index (χ3v) is 4.80. The third-order valence-electron chi connectivity index (χ3n) is 4.80. The normalized spacial score (nSPS) is 17.5. The van der Waals surface area contributed by atoms with E-state index in [0.717, 1.165) is 30.6 Å². The van der Waals surface area contributed by atoms with Crippen LogP contribution in [0, 0.1) is 0 Å². The molecular formula is C21H23NO3. The molecule has 130 valence electrons.